The van der Waals surface area contributed by atoms with Crippen LogP contribution in [0.2, 0.25) is 0 Å². The van der Waals surface area contributed by atoms with Gasteiger partial charge in [0.05, 0.1) is 5.52 Å². The highest BCUT2D eigenvalue weighted by atomic mass is 127. The minimum atomic E-state index is 0.390. The van der Waals surface area contributed by atoms with Crippen LogP contribution in [0, 0.1) is 3.57 Å². The standard InChI is InChI=1S/C23H28IN3O/c1-3-4-5-6-7-17-19(15-25-2)20(10-11-23(17)28)27-21-12-13-26-22-14-16(24)8-9-18(21)22/h8-14,25,28H,3-7,15H2,1-2H3,(H,26,27). The number of unbranched alkanes of at least 4 members (excludes halogenated alkanes) is 3. The lowest BCUT2D eigenvalue weighted by molar-refractivity contribution is 0.464. The zero-order valence-electron chi connectivity index (χ0n) is 16.6. The predicted octanol–water partition coefficient (Wildman–Crippen LogP) is 6.13. The first-order chi connectivity index (χ1) is 13.6. The summed E-state index contributed by atoms with van der Waals surface area (Å²) in [5.41, 5.74) is 5.22. The summed E-state index contributed by atoms with van der Waals surface area (Å²) in [5, 5.41) is 18.4. The van der Waals surface area contributed by atoms with Gasteiger partial charge in [0, 0.05) is 38.6 Å². The van der Waals surface area contributed by atoms with Gasteiger partial charge < -0.3 is 15.7 Å². The highest BCUT2D eigenvalue weighted by molar-refractivity contribution is 14.1. The summed E-state index contributed by atoms with van der Waals surface area (Å²) in [6.07, 6.45) is 7.48. The normalized spacial score (nSPS) is 11.1. The maximum atomic E-state index is 10.5. The van der Waals surface area contributed by atoms with Gasteiger partial charge in [0.2, 0.25) is 0 Å². The first-order valence-electron chi connectivity index (χ1n) is 9.93. The number of hydrogen-bond donors (Lipinski definition) is 3. The summed E-state index contributed by atoms with van der Waals surface area (Å²) in [4.78, 5) is 4.50. The Morgan fingerprint density at radius 1 is 1.00 bits per heavy atom. The number of benzene rings is 2. The van der Waals surface area contributed by atoms with Gasteiger partial charge in [-0.2, -0.15) is 0 Å². The number of nitrogens with one attached hydrogen (secondary N) is 2. The van der Waals surface area contributed by atoms with E-state index in [4.69, 9.17) is 0 Å². The number of rotatable bonds is 9. The zero-order valence-corrected chi connectivity index (χ0v) is 18.7. The molecule has 148 valence electrons. The molecule has 0 fully saturated rings. The van der Waals surface area contributed by atoms with Crippen molar-refractivity contribution in [3.63, 3.8) is 0 Å². The van der Waals surface area contributed by atoms with Crippen LogP contribution >= 0.6 is 22.6 Å². The molecule has 0 aliphatic carbocycles. The van der Waals surface area contributed by atoms with Crippen LogP contribution in [0.4, 0.5) is 11.4 Å². The van der Waals surface area contributed by atoms with Gasteiger partial charge in [-0.15, -0.1) is 0 Å². The minimum Gasteiger partial charge on any atom is -0.508 e. The van der Waals surface area contributed by atoms with Crippen molar-refractivity contribution < 1.29 is 5.11 Å². The molecule has 0 amide bonds. The Morgan fingerprint density at radius 2 is 1.86 bits per heavy atom. The van der Waals surface area contributed by atoms with E-state index in [0.29, 0.717) is 12.3 Å². The van der Waals surface area contributed by atoms with Crippen molar-refractivity contribution in [1.82, 2.24) is 10.3 Å². The summed E-state index contributed by atoms with van der Waals surface area (Å²) in [5.74, 6) is 0.390. The fourth-order valence-electron chi connectivity index (χ4n) is 3.56. The van der Waals surface area contributed by atoms with Crippen LogP contribution in [0.5, 0.6) is 5.75 Å². The Morgan fingerprint density at radius 3 is 2.64 bits per heavy atom. The summed E-state index contributed by atoms with van der Waals surface area (Å²) in [6.45, 7) is 2.93. The molecule has 0 saturated heterocycles. The number of phenolic OH excluding ortho intramolecular Hbond substituents is 1. The Kier molecular flexibility index (Phi) is 7.50. The van der Waals surface area contributed by atoms with Gasteiger partial charge in [-0.25, -0.2) is 0 Å². The van der Waals surface area contributed by atoms with E-state index in [0.717, 1.165) is 46.2 Å². The van der Waals surface area contributed by atoms with E-state index >= 15 is 0 Å². The van der Waals surface area contributed by atoms with Crippen LogP contribution in [0.3, 0.4) is 0 Å². The first-order valence-corrected chi connectivity index (χ1v) is 11.0. The number of aromatic hydroxyl groups is 1. The highest BCUT2D eigenvalue weighted by Gasteiger charge is 2.14. The second-order valence-corrected chi connectivity index (χ2v) is 8.32. The molecule has 0 aliphatic rings. The molecule has 1 aromatic heterocycles. The van der Waals surface area contributed by atoms with Crippen molar-refractivity contribution in [3.05, 3.63) is 57.3 Å². The molecule has 0 saturated carbocycles. The number of aromatic nitrogens is 1. The number of pyridine rings is 1. The maximum Gasteiger partial charge on any atom is 0.119 e. The second kappa shape index (κ2) is 10.1. The van der Waals surface area contributed by atoms with Gasteiger partial charge in [0.25, 0.3) is 0 Å². The molecule has 3 aromatic rings. The number of fused-ring (bicyclic) bond motifs is 1. The second-order valence-electron chi connectivity index (χ2n) is 7.08. The molecular formula is C23H28IN3O. The lowest BCUT2D eigenvalue weighted by Gasteiger charge is -2.18. The van der Waals surface area contributed by atoms with Crippen molar-refractivity contribution in [2.45, 2.75) is 45.6 Å². The Labute approximate surface area is 180 Å². The molecule has 3 N–H and O–H groups in total. The molecular weight excluding hydrogens is 461 g/mol. The molecule has 0 spiro atoms. The van der Waals surface area contributed by atoms with Crippen LogP contribution in [-0.2, 0) is 13.0 Å². The van der Waals surface area contributed by atoms with E-state index in [-0.39, 0.29) is 0 Å². The summed E-state index contributed by atoms with van der Waals surface area (Å²) in [7, 11) is 1.94. The van der Waals surface area contributed by atoms with Gasteiger partial charge in [0.15, 0.2) is 0 Å². The van der Waals surface area contributed by atoms with E-state index in [9.17, 15) is 5.11 Å². The quantitative estimate of drug-likeness (QED) is 0.192. The summed E-state index contributed by atoms with van der Waals surface area (Å²) < 4.78 is 1.17. The van der Waals surface area contributed by atoms with E-state index in [1.165, 1.54) is 22.8 Å². The van der Waals surface area contributed by atoms with Crippen LogP contribution < -0.4 is 10.6 Å². The topological polar surface area (TPSA) is 57.2 Å². The lowest BCUT2D eigenvalue weighted by Crippen LogP contribution is -2.11. The van der Waals surface area contributed by atoms with Crippen LogP contribution in [0.1, 0.15) is 43.7 Å². The van der Waals surface area contributed by atoms with Crippen LogP contribution in [0.15, 0.2) is 42.6 Å². The number of hydrogen-bond acceptors (Lipinski definition) is 4. The molecule has 0 aliphatic heterocycles. The van der Waals surface area contributed by atoms with E-state index in [1.54, 1.807) is 0 Å². The van der Waals surface area contributed by atoms with Crippen LogP contribution in [0.25, 0.3) is 10.9 Å². The molecule has 0 unspecified atom stereocenters. The third kappa shape index (κ3) is 4.94. The highest BCUT2D eigenvalue weighted by Crippen LogP contribution is 2.33. The monoisotopic (exact) mass is 489 g/mol. The molecule has 4 nitrogen and oxygen atoms in total. The van der Waals surface area contributed by atoms with Gasteiger partial charge in [0.1, 0.15) is 5.75 Å². The van der Waals surface area contributed by atoms with Gasteiger partial charge in [-0.05, 0) is 84.4 Å². The predicted molar refractivity (Wildman–Crippen MR) is 126 cm³/mol. The number of anilines is 2. The molecule has 5 heteroatoms. The Bertz CT molecular complexity index is 943. The molecule has 0 atom stereocenters. The molecule has 28 heavy (non-hydrogen) atoms. The van der Waals surface area contributed by atoms with Crippen molar-refractivity contribution in [2.75, 3.05) is 12.4 Å². The minimum absolute atomic E-state index is 0.390. The zero-order chi connectivity index (χ0) is 19.9. The van der Waals surface area contributed by atoms with Crippen molar-refractivity contribution >= 4 is 44.9 Å². The fourth-order valence-corrected chi connectivity index (χ4v) is 4.03. The van der Waals surface area contributed by atoms with E-state index < -0.39 is 0 Å². The Hall–Kier alpha value is -1.86. The average molecular weight is 489 g/mol. The van der Waals surface area contributed by atoms with E-state index in [1.807, 2.05) is 31.4 Å². The Balaban J connectivity index is 1.95. The fraction of sp³-hybridized carbons (Fsp3) is 0.348. The van der Waals surface area contributed by atoms with Crippen molar-refractivity contribution in [2.24, 2.45) is 0 Å². The third-order valence-electron chi connectivity index (χ3n) is 5.01. The maximum absolute atomic E-state index is 10.5. The molecule has 2 aromatic carbocycles. The number of halogens is 1. The van der Waals surface area contributed by atoms with Crippen LogP contribution in [-0.4, -0.2) is 17.1 Å². The molecule has 3 rings (SSSR count). The molecule has 0 radical (unpaired) electrons. The third-order valence-corrected chi connectivity index (χ3v) is 5.69. The van der Waals surface area contributed by atoms with E-state index in [2.05, 4.69) is 63.3 Å². The number of nitrogens with zero attached hydrogens (tertiary/aromatic N) is 1. The van der Waals surface area contributed by atoms with Crippen molar-refractivity contribution in [1.29, 1.82) is 0 Å². The van der Waals surface area contributed by atoms with Crippen molar-refractivity contribution in [3.8, 4) is 5.75 Å². The van der Waals surface area contributed by atoms with Gasteiger partial charge in [-0.1, -0.05) is 26.2 Å². The lowest BCUT2D eigenvalue weighted by atomic mass is 9.97. The average Bonchev–Trinajstić information content (AvgIpc) is 2.69. The first kappa shape index (κ1) is 20.9. The molecule has 0 bridgehead atoms. The smallest absolute Gasteiger partial charge is 0.119 e. The van der Waals surface area contributed by atoms with Gasteiger partial charge >= 0.3 is 0 Å². The molecule has 1 heterocycles. The number of phenols is 1. The largest absolute Gasteiger partial charge is 0.508 e. The SMILES string of the molecule is CCCCCCc1c(O)ccc(Nc2ccnc3cc(I)ccc23)c1CNC. The summed E-state index contributed by atoms with van der Waals surface area (Å²) in [6, 6.07) is 12.1. The summed E-state index contributed by atoms with van der Waals surface area (Å²) >= 11 is 2.31. The van der Waals surface area contributed by atoms with Gasteiger partial charge in [-0.3, -0.25) is 4.98 Å².